The van der Waals surface area contributed by atoms with E-state index in [-0.39, 0.29) is 17.1 Å². The molecule has 1 aromatic carbocycles. The van der Waals surface area contributed by atoms with Gasteiger partial charge < -0.3 is 9.47 Å². The van der Waals surface area contributed by atoms with Crippen LogP contribution in [0.4, 0.5) is 0 Å². The van der Waals surface area contributed by atoms with Crippen LogP contribution in [0.2, 0.25) is 5.02 Å². The Bertz CT molecular complexity index is 667. The third-order valence-corrected chi connectivity index (χ3v) is 6.24. The standard InChI is InChI=1S/C17H26ClNO4S/c1-5-6-7-22-16-8-12(2)15(18)9-17(16)24(20,21)19-10-13(3)23-14(4)11-19/h8-9,13-14H,5-7,10-11H2,1-4H3/t13-,14+. The molecule has 0 saturated carbocycles. The molecule has 0 unspecified atom stereocenters. The number of nitrogens with zero attached hydrogens (tertiary/aromatic N) is 1. The van der Waals surface area contributed by atoms with Crippen LogP contribution in [-0.2, 0) is 14.8 Å². The van der Waals surface area contributed by atoms with Crippen molar-refractivity contribution in [1.82, 2.24) is 4.31 Å². The Balaban J connectivity index is 2.38. The number of hydrogen-bond acceptors (Lipinski definition) is 4. The second-order valence-electron chi connectivity index (χ2n) is 6.33. The highest BCUT2D eigenvalue weighted by Gasteiger charge is 2.34. The summed E-state index contributed by atoms with van der Waals surface area (Å²) >= 11 is 6.19. The van der Waals surface area contributed by atoms with Crippen LogP contribution in [0.3, 0.4) is 0 Å². The molecule has 0 aliphatic carbocycles. The Labute approximate surface area is 149 Å². The summed E-state index contributed by atoms with van der Waals surface area (Å²) in [5.74, 6) is 0.372. The van der Waals surface area contributed by atoms with Gasteiger partial charge in [0.15, 0.2) is 0 Å². The first-order valence-electron chi connectivity index (χ1n) is 8.34. The van der Waals surface area contributed by atoms with Crippen molar-refractivity contribution in [1.29, 1.82) is 0 Å². The molecule has 7 heteroatoms. The Morgan fingerprint density at radius 2 is 1.92 bits per heavy atom. The number of rotatable bonds is 6. The Morgan fingerprint density at radius 1 is 1.29 bits per heavy atom. The van der Waals surface area contributed by atoms with Crippen molar-refractivity contribution in [2.45, 2.75) is 57.6 Å². The highest BCUT2D eigenvalue weighted by atomic mass is 35.5. The van der Waals surface area contributed by atoms with E-state index in [1.807, 2.05) is 20.8 Å². The fourth-order valence-electron chi connectivity index (χ4n) is 2.74. The largest absolute Gasteiger partial charge is 0.492 e. The van der Waals surface area contributed by atoms with Crippen molar-refractivity contribution in [3.63, 3.8) is 0 Å². The normalized spacial score (nSPS) is 22.5. The molecule has 2 atom stereocenters. The van der Waals surface area contributed by atoms with Gasteiger partial charge >= 0.3 is 0 Å². The van der Waals surface area contributed by atoms with Gasteiger partial charge in [0.25, 0.3) is 0 Å². The summed E-state index contributed by atoms with van der Waals surface area (Å²) in [4.78, 5) is 0.135. The van der Waals surface area contributed by atoms with E-state index in [0.29, 0.717) is 30.5 Å². The maximum absolute atomic E-state index is 13.1. The predicted molar refractivity (Wildman–Crippen MR) is 95.4 cm³/mol. The topological polar surface area (TPSA) is 55.8 Å². The van der Waals surface area contributed by atoms with Gasteiger partial charge in [-0.15, -0.1) is 0 Å². The lowest BCUT2D eigenvalue weighted by Crippen LogP contribution is -2.48. The minimum Gasteiger partial charge on any atom is -0.492 e. The van der Waals surface area contributed by atoms with Gasteiger partial charge in [0.05, 0.1) is 18.8 Å². The first-order chi connectivity index (χ1) is 11.3. The molecule has 1 aliphatic rings. The predicted octanol–water partition coefficient (Wildman–Crippen LogP) is 3.63. The summed E-state index contributed by atoms with van der Waals surface area (Å²) in [5.41, 5.74) is 0.797. The number of benzene rings is 1. The SMILES string of the molecule is CCCCOc1cc(C)c(Cl)cc1S(=O)(=O)N1C[C@@H](C)O[C@@H](C)C1. The van der Waals surface area contributed by atoms with E-state index in [0.717, 1.165) is 18.4 Å². The van der Waals surface area contributed by atoms with Crippen LogP contribution in [0, 0.1) is 6.92 Å². The van der Waals surface area contributed by atoms with E-state index < -0.39 is 10.0 Å². The van der Waals surface area contributed by atoms with Crippen molar-refractivity contribution in [2.75, 3.05) is 19.7 Å². The second-order valence-corrected chi connectivity index (χ2v) is 8.64. The van der Waals surface area contributed by atoms with Crippen molar-refractivity contribution in [3.05, 3.63) is 22.7 Å². The zero-order valence-corrected chi connectivity index (χ0v) is 16.3. The van der Waals surface area contributed by atoms with Crippen LogP contribution in [0.1, 0.15) is 39.2 Å². The van der Waals surface area contributed by atoms with E-state index in [9.17, 15) is 8.42 Å². The Morgan fingerprint density at radius 3 is 2.50 bits per heavy atom. The fourth-order valence-corrected chi connectivity index (χ4v) is 4.70. The van der Waals surface area contributed by atoms with Crippen molar-refractivity contribution in [3.8, 4) is 5.75 Å². The summed E-state index contributed by atoms with van der Waals surface area (Å²) < 4.78 is 39.1. The molecule has 136 valence electrons. The average Bonchev–Trinajstić information content (AvgIpc) is 2.49. The van der Waals surface area contributed by atoms with Crippen molar-refractivity contribution in [2.24, 2.45) is 0 Å². The van der Waals surface area contributed by atoms with E-state index in [2.05, 4.69) is 6.92 Å². The molecule has 0 N–H and O–H groups in total. The van der Waals surface area contributed by atoms with Gasteiger partial charge in [-0.3, -0.25) is 0 Å². The molecule has 0 aromatic heterocycles. The monoisotopic (exact) mass is 375 g/mol. The van der Waals surface area contributed by atoms with Gasteiger partial charge in [0.2, 0.25) is 10.0 Å². The van der Waals surface area contributed by atoms with Gasteiger partial charge in [-0.25, -0.2) is 8.42 Å². The average molecular weight is 376 g/mol. The number of sulfonamides is 1. The quantitative estimate of drug-likeness (QED) is 0.712. The third kappa shape index (κ3) is 4.42. The molecule has 0 bridgehead atoms. The van der Waals surface area contributed by atoms with E-state index in [1.165, 1.54) is 10.4 Å². The summed E-state index contributed by atoms with van der Waals surface area (Å²) in [6.45, 7) is 8.78. The number of ether oxygens (including phenoxy) is 2. The molecule has 0 radical (unpaired) electrons. The molecule has 5 nitrogen and oxygen atoms in total. The minimum absolute atomic E-state index is 0.135. The van der Waals surface area contributed by atoms with Gasteiger partial charge in [0, 0.05) is 18.1 Å². The maximum Gasteiger partial charge on any atom is 0.246 e. The van der Waals surface area contributed by atoms with Gasteiger partial charge in [0.1, 0.15) is 10.6 Å². The lowest BCUT2D eigenvalue weighted by molar-refractivity contribution is -0.0441. The molecule has 2 rings (SSSR count). The zero-order chi connectivity index (χ0) is 17.9. The molecular weight excluding hydrogens is 350 g/mol. The van der Waals surface area contributed by atoms with Crippen molar-refractivity contribution >= 4 is 21.6 Å². The summed E-state index contributed by atoms with van der Waals surface area (Å²) in [6, 6.07) is 3.20. The highest BCUT2D eigenvalue weighted by Crippen LogP contribution is 2.33. The first kappa shape index (κ1) is 19.5. The number of hydrogen-bond donors (Lipinski definition) is 0. The number of halogens is 1. The van der Waals surface area contributed by atoms with Gasteiger partial charge in [-0.2, -0.15) is 4.31 Å². The van der Waals surface area contributed by atoms with Crippen LogP contribution in [0.25, 0.3) is 0 Å². The van der Waals surface area contributed by atoms with Crippen LogP contribution in [0.15, 0.2) is 17.0 Å². The molecule has 24 heavy (non-hydrogen) atoms. The molecule has 1 heterocycles. The number of morpholine rings is 1. The third-order valence-electron chi connectivity index (χ3n) is 3.98. The first-order valence-corrected chi connectivity index (χ1v) is 10.2. The fraction of sp³-hybridized carbons (Fsp3) is 0.647. The van der Waals surface area contributed by atoms with Crippen LogP contribution in [0.5, 0.6) is 5.75 Å². The maximum atomic E-state index is 13.1. The molecule has 1 aromatic rings. The second kappa shape index (κ2) is 8.04. The lowest BCUT2D eigenvalue weighted by Gasteiger charge is -2.34. The summed E-state index contributed by atoms with van der Waals surface area (Å²) in [7, 11) is -3.69. The Hall–Kier alpha value is -0.820. The van der Waals surface area contributed by atoms with Crippen LogP contribution in [-0.4, -0.2) is 44.6 Å². The molecule has 1 aliphatic heterocycles. The van der Waals surface area contributed by atoms with E-state index in [1.54, 1.807) is 6.07 Å². The van der Waals surface area contributed by atoms with Crippen molar-refractivity contribution < 1.29 is 17.9 Å². The summed E-state index contributed by atoms with van der Waals surface area (Å²) in [5, 5.41) is 0.422. The summed E-state index contributed by atoms with van der Waals surface area (Å²) in [6.07, 6.45) is 1.56. The zero-order valence-electron chi connectivity index (χ0n) is 14.7. The Kier molecular flexibility index (Phi) is 6.53. The smallest absolute Gasteiger partial charge is 0.246 e. The van der Waals surface area contributed by atoms with Crippen LogP contribution < -0.4 is 4.74 Å². The molecule has 1 fully saturated rings. The van der Waals surface area contributed by atoms with E-state index in [4.69, 9.17) is 21.1 Å². The number of aryl methyl sites for hydroxylation is 1. The molecular formula is C17H26ClNO4S. The number of unbranched alkanes of at least 4 members (excludes halogenated alkanes) is 1. The molecule has 0 spiro atoms. The van der Waals surface area contributed by atoms with E-state index >= 15 is 0 Å². The van der Waals surface area contributed by atoms with Gasteiger partial charge in [-0.1, -0.05) is 24.9 Å². The van der Waals surface area contributed by atoms with Gasteiger partial charge in [-0.05, 0) is 44.9 Å². The lowest BCUT2D eigenvalue weighted by atomic mass is 10.2. The molecule has 0 amide bonds. The highest BCUT2D eigenvalue weighted by molar-refractivity contribution is 7.89. The molecule has 1 saturated heterocycles. The van der Waals surface area contributed by atoms with Crippen LogP contribution >= 0.6 is 11.6 Å². The minimum atomic E-state index is -3.69.